The average Bonchev–Trinajstić information content (AvgIpc) is 2.50. The number of nitrogens with one attached hydrogen (secondary N) is 3. The highest BCUT2D eigenvalue weighted by Crippen LogP contribution is 1.94. The van der Waals surface area contributed by atoms with Crippen LogP contribution in [0.5, 0.6) is 0 Å². The van der Waals surface area contributed by atoms with E-state index >= 15 is 0 Å². The van der Waals surface area contributed by atoms with Gasteiger partial charge in [0.2, 0.25) is 5.91 Å². The van der Waals surface area contributed by atoms with Crippen LogP contribution in [-0.2, 0) is 14.3 Å². The zero-order valence-corrected chi connectivity index (χ0v) is 13.2. The quantitative estimate of drug-likeness (QED) is 0.401. The standard InChI is InChI=1S/C13H28N4O4/c1-14-5-8-17(9-6-15-2)12(18)4-10-21-11-7-16-13(19)20-3/h14-15H,4-11H2,1-3H3,(H,16,19). The predicted octanol–water partition coefficient (Wildman–Crippen LogP) is -0.983. The van der Waals surface area contributed by atoms with E-state index in [1.807, 2.05) is 19.0 Å². The van der Waals surface area contributed by atoms with Gasteiger partial charge in [0.25, 0.3) is 0 Å². The van der Waals surface area contributed by atoms with Crippen molar-refractivity contribution < 1.29 is 19.1 Å². The Hall–Kier alpha value is -1.38. The lowest BCUT2D eigenvalue weighted by molar-refractivity contribution is -0.132. The van der Waals surface area contributed by atoms with Crippen LogP contribution in [0.4, 0.5) is 4.79 Å². The highest BCUT2D eigenvalue weighted by Gasteiger charge is 2.12. The van der Waals surface area contributed by atoms with Crippen molar-refractivity contribution in [3.63, 3.8) is 0 Å². The van der Waals surface area contributed by atoms with Gasteiger partial charge in [-0.15, -0.1) is 0 Å². The SMILES string of the molecule is CNCCN(CCNC)C(=O)CCOCCNC(=O)OC. The number of hydrogen-bond donors (Lipinski definition) is 3. The number of methoxy groups -OCH3 is 1. The molecule has 0 spiro atoms. The Morgan fingerprint density at radius 3 is 2.14 bits per heavy atom. The van der Waals surface area contributed by atoms with Gasteiger partial charge in [0, 0.05) is 32.7 Å². The summed E-state index contributed by atoms with van der Waals surface area (Å²) in [5, 5.41) is 8.56. The first-order valence-corrected chi connectivity index (χ1v) is 7.12. The van der Waals surface area contributed by atoms with Gasteiger partial charge in [-0.1, -0.05) is 0 Å². The average molecular weight is 304 g/mol. The fourth-order valence-electron chi connectivity index (χ4n) is 1.57. The molecule has 124 valence electrons. The third kappa shape index (κ3) is 11.0. The maximum Gasteiger partial charge on any atom is 0.406 e. The summed E-state index contributed by atoms with van der Waals surface area (Å²) in [7, 11) is 5.02. The van der Waals surface area contributed by atoms with Crippen molar-refractivity contribution in [3.8, 4) is 0 Å². The van der Waals surface area contributed by atoms with Crippen LogP contribution >= 0.6 is 0 Å². The van der Waals surface area contributed by atoms with E-state index in [0.717, 1.165) is 13.1 Å². The first-order valence-electron chi connectivity index (χ1n) is 7.12. The molecule has 0 saturated heterocycles. The maximum atomic E-state index is 12.0. The molecule has 3 N–H and O–H groups in total. The number of rotatable bonds is 12. The van der Waals surface area contributed by atoms with E-state index in [0.29, 0.717) is 39.3 Å². The molecule has 0 aliphatic rings. The fourth-order valence-corrected chi connectivity index (χ4v) is 1.57. The summed E-state index contributed by atoms with van der Waals surface area (Å²) in [6, 6.07) is 0. The molecule has 0 aromatic heterocycles. The molecule has 0 fully saturated rings. The van der Waals surface area contributed by atoms with Crippen molar-refractivity contribution in [2.45, 2.75) is 6.42 Å². The van der Waals surface area contributed by atoms with E-state index < -0.39 is 6.09 Å². The van der Waals surface area contributed by atoms with Crippen molar-refractivity contribution >= 4 is 12.0 Å². The van der Waals surface area contributed by atoms with Crippen molar-refractivity contribution in [3.05, 3.63) is 0 Å². The summed E-state index contributed by atoms with van der Waals surface area (Å²) < 4.78 is 9.73. The minimum absolute atomic E-state index is 0.0708. The highest BCUT2D eigenvalue weighted by atomic mass is 16.5. The second-order valence-corrected chi connectivity index (χ2v) is 4.37. The van der Waals surface area contributed by atoms with Crippen LogP contribution < -0.4 is 16.0 Å². The predicted molar refractivity (Wildman–Crippen MR) is 80.3 cm³/mol. The molecule has 8 heteroatoms. The Morgan fingerprint density at radius 1 is 1.00 bits per heavy atom. The number of hydrogen-bond acceptors (Lipinski definition) is 6. The summed E-state index contributed by atoms with van der Waals surface area (Å²) in [6.45, 7) is 3.96. The van der Waals surface area contributed by atoms with E-state index in [9.17, 15) is 9.59 Å². The second-order valence-electron chi connectivity index (χ2n) is 4.37. The number of carbonyl (C=O) groups excluding carboxylic acids is 2. The molecule has 0 saturated carbocycles. The molecule has 0 aromatic rings. The molecule has 0 bridgehead atoms. The number of carbonyl (C=O) groups is 2. The van der Waals surface area contributed by atoms with Crippen LogP contribution in [0.2, 0.25) is 0 Å². The highest BCUT2D eigenvalue weighted by molar-refractivity contribution is 5.76. The Balaban J connectivity index is 3.78. The monoisotopic (exact) mass is 304 g/mol. The number of likely N-dealkylation sites (N-methyl/N-ethyl adjacent to an activating group) is 2. The lowest BCUT2D eigenvalue weighted by Crippen LogP contribution is -2.40. The largest absolute Gasteiger partial charge is 0.453 e. The lowest BCUT2D eigenvalue weighted by atomic mass is 10.3. The molecule has 21 heavy (non-hydrogen) atoms. The minimum atomic E-state index is -0.486. The normalized spacial score (nSPS) is 10.2. The Morgan fingerprint density at radius 2 is 1.62 bits per heavy atom. The minimum Gasteiger partial charge on any atom is -0.453 e. The van der Waals surface area contributed by atoms with Crippen molar-refractivity contribution in [1.82, 2.24) is 20.9 Å². The van der Waals surface area contributed by atoms with Crippen LogP contribution in [0.25, 0.3) is 0 Å². The topological polar surface area (TPSA) is 91.9 Å². The lowest BCUT2D eigenvalue weighted by Gasteiger charge is -2.22. The van der Waals surface area contributed by atoms with E-state index in [2.05, 4.69) is 20.7 Å². The van der Waals surface area contributed by atoms with Crippen molar-refractivity contribution in [1.29, 1.82) is 0 Å². The summed E-state index contributed by atoms with van der Waals surface area (Å²) >= 11 is 0. The van der Waals surface area contributed by atoms with Gasteiger partial charge in [0.1, 0.15) is 0 Å². The van der Waals surface area contributed by atoms with Gasteiger partial charge < -0.3 is 30.3 Å². The maximum absolute atomic E-state index is 12.0. The molecule has 8 nitrogen and oxygen atoms in total. The molecule has 0 unspecified atom stereocenters. The molecule has 0 atom stereocenters. The van der Waals surface area contributed by atoms with E-state index in [1.165, 1.54) is 7.11 Å². The zero-order chi connectivity index (χ0) is 15.9. The molecule has 0 aliphatic heterocycles. The van der Waals surface area contributed by atoms with Gasteiger partial charge >= 0.3 is 6.09 Å². The van der Waals surface area contributed by atoms with Gasteiger partial charge in [0.05, 0.1) is 26.7 Å². The van der Waals surface area contributed by atoms with E-state index in [-0.39, 0.29) is 5.91 Å². The molecular formula is C13H28N4O4. The molecule has 0 radical (unpaired) electrons. The van der Waals surface area contributed by atoms with Crippen molar-refractivity contribution in [2.24, 2.45) is 0 Å². The van der Waals surface area contributed by atoms with E-state index in [4.69, 9.17) is 4.74 Å². The van der Waals surface area contributed by atoms with Crippen molar-refractivity contribution in [2.75, 3.05) is 67.1 Å². The third-order valence-electron chi connectivity index (χ3n) is 2.78. The second kappa shape index (κ2) is 13.6. The first-order chi connectivity index (χ1) is 10.2. The van der Waals surface area contributed by atoms with Gasteiger partial charge in [-0.05, 0) is 14.1 Å². The number of amides is 2. The summed E-state index contributed by atoms with van der Waals surface area (Å²) in [4.78, 5) is 24.6. The first kappa shape index (κ1) is 19.6. The molecule has 0 aromatic carbocycles. The molecule has 0 aliphatic carbocycles. The summed E-state index contributed by atoms with van der Waals surface area (Å²) in [6.07, 6.45) is -0.147. The third-order valence-corrected chi connectivity index (χ3v) is 2.78. The van der Waals surface area contributed by atoms with Crippen LogP contribution in [0.1, 0.15) is 6.42 Å². The summed E-state index contributed by atoms with van der Waals surface area (Å²) in [5.74, 6) is 0.0708. The van der Waals surface area contributed by atoms with Gasteiger partial charge in [-0.2, -0.15) is 0 Å². The number of nitrogens with zero attached hydrogens (tertiary/aromatic N) is 1. The molecular weight excluding hydrogens is 276 g/mol. The Bertz CT molecular complexity index is 281. The van der Waals surface area contributed by atoms with Crippen LogP contribution in [0.3, 0.4) is 0 Å². The van der Waals surface area contributed by atoms with Gasteiger partial charge in [-0.25, -0.2) is 4.79 Å². The number of alkyl carbamates (subject to hydrolysis) is 1. The fraction of sp³-hybridized carbons (Fsp3) is 0.846. The molecule has 2 amide bonds. The van der Waals surface area contributed by atoms with Crippen LogP contribution in [0, 0.1) is 0 Å². The zero-order valence-electron chi connectivity index (χ0n) is 13.2. The van der Waals surface area contributed by atoms with E-state index in [1.54, 1.807) is 0 Å². The van der Waals surface area contributed by atoms with Crippen LogP contribution in [-0.4, -0.2) is 84.0 Å². The number of ether oxygens (including phenoxy) is 2. The summed E-state index contributed by atoms with van der Waals surface area (Å²) in [5.41, 5.74) is 0. The smallest absolute Gasteiger partial charge is 0.406 e. The Labute approximate surface area is 126 Å². The van der Waals surface area contributed by atoms with Gasteiger partial charge in [0.15, 0.2) is 0 Å². The van der Waals surface area contributed by atoms with Gasteiger partial charge in [-0.3, -0.25) is 4.79 Å². The molecule has 0 rings (SSSR count). The van der Waals surface area contributed by atoms with Crippen LogP contribution in [0.15, 0.2) is 0 Å². The molecule has 0 heterocycles. The Kier molecular flexibility index (Phi) is 12.7.